The second-order valence-corrected chi connectivity index (χ2v) is 6.56. The van der Waals surface area contributed by atoms with Crippen molar-refractivity contribution < 1.29 is 5.11 Å². The van der Waals surface area contributed by atoms with Crippen LogP contribution in [0.5, 0.6) is 0 Å². The molecule has 0 unspecified atom stereocenters. The van der Waals surface area contributed by atoms with Crippen LogP contribution in [0.3, 0.4) is 0 Å². The van der Waals surface area contributed by atoms with E-state index in [1.165, 1.54) is 22.3 Å². The molecule has 3 rings (SSSR count). The van der Waals surface area contributed by atoms with Crippen LogP contribution in [0.25, 0.3) is 11.1 Å². The molecule has 0 heterocycles. The summed E-state index contributed by atoms with van der Waals surface area (Å²) in [5, 5.41) is 11.4. The molecular weight excluding hydrogens is 244 g/mol. The summed E-state index contributed by atoms with van der Waals surface area (Å²) >= 11 is 0. The molecule has 0 amide bonds. The molecule has 0 radical (unpaired) electrons. The smallest absolute Gasteiger partial charge is 0.116 e. The summed E-state index contributed by atoms with van der Waals surface area (Å²) in [4.78, 5) is 0. The lowest BCUT2D eigenvalue weighted by Crippen LogP contribution is -2.26. The van der Waals surface area contributed by atoms with E-state index in [9.17, 15) is 5.11 Å². The maximum Gasteiger partial charge on any atom is 0.116 e. The second-order valence-electron chi connectivity index (χ2n) is 6.56. The molecule has 0 aliphatic heterocycles. The molecule has 0 atom stereocenters. The van der Waals surface area contributed by atoms with Crippen molar-refractivity contribution in [1.82, 2.24) is 0 Å². The molecule has 0 saturated carbocycles. The highest BCUT2D eigenvalue weighted by atomic mass is 16.3. The minimum Gasteiger partial charge on any atom is -0.380 e. The van der Waals surface area contributed by atoms with Gasteiger partial charge >= 0.3 is 0 Å². The van der Waals surface area contributed by atoms with E-state index in [0.29, 0.717) is 5.92 Å². The summed E-state index contributed by atoms with van der Waals surface area (Å²) in [6, 6.07) is 12.8. The van der Waals surface area contributed by atoms with Crippen molar-refractivity contribution in [3.63, 3.8) is 0 Å². The van der Waals surface area contributed by atoms with E-state index in [4.69, 9.17) is 0 Å². The van der Waals surface area contributed by atoms with Crippen molar-refractivity contribution in [3.05, 3.63) is 58.7 Å². The van der Waals surface area contributed by atoms with Crippen LogP contribution in [0, 0.1) is 19.8 Å². The van der Waals surface area contributed by atoms with Gasteiger partial charge in [-0.3, -0.25) is 0 Å². The largest absolute Gasteiger partial charge is 0.380 e. The maximum atomic E-state index is 11.4. The number of fused-ring (bicyclic) bond motifs is 3. The first-order valence-corrected chi connectivity index (χ1v) is 7.37. The Hall–Kier alpha value is -1.60. The molecule has 20 heavy (non-hydrogen) atoms. The minimum atomic E-state index is -0.836. The summed E-state index contributed by atoms with van der Waals surface area (Å²) in [5.41, 5.74) is 6.10. The van der Waals surface area contributed by atoms with Gasteiger partial charge in [0.05, 0.1) is 0 Å². The molecular formula is C19H22O. The Kier molecular flexibility index (Phi) is 2.98. The molecule has 2 aromatic rings. The number of aliphatic hydroxyl groups is 1. The van der Waals surface area contributed by atoms with Gasteiger partial charge in [0, 0.05) is 0 Å². The maximum absolute atomic E-state index is 11.4. The zero-order valence-corrected chi connectivity index (χ0v) is 12.7. The molecule has 0 saturated heterocycles. The minimum absolute atomic E-state index is 0.444. The Morgan fingerprint density at radius 1 is 0.900 bits per heavy atom. The molecule has 1 N–H and O–H groups in total. The average molecular weight is 266 g/mol. The van der Waals surface area contributed by atoms with Gasteiger partial charge in [-0.2, -0.15) is 0 Å². The average Bonchev–Trinajstić information content (AvgIpc) is 2.59. The Bertz CT molecular complexity index is 616. The topological polar surface area (TPSA) is 20.2 Å². The first-order valence-electron chi connectivity index (χ1n) is 7.37. The monoisotopic (exact) mass is 266 g/mol. The third-order valence-electron chi connectivity index (χ3n) is 4.24. The van der Waals surface area contributed by atoms with Gasteiger partial charge in [-0.15, -0.1) is 0 Å². The van der Waals surface area contributed by atoms with Crippen LogP contribution in [-0.4, -0.2) is 5.11 Å². The molecule has 0 spiro atoms. The zero-order chi connectivity index (χ0) is 14.5. The van der Waals surface area contributed by atoms with E-state index in [-0.39, 0.29) is 0 Å². The van der Waals surface area contributed by atoms with E-state index < -0.39 is 5.60 Å². The third kappa shape index (κ3) is 1.89. The van der Waals surface area contributed by atoms with Crippen LogP contribution in [0.15, 0.2) is 36.4 Å². The Morgan fingerprint density at radius 2 is 1.35 bits per heavy atom. The van der Waals surface area contributed by atoms with Gasteiger partial charge in [0.25, 0.3) is 0 Å². The van der Waals surface area contributed by atoms with Crippen LogP contribution in [0.2, 0.25) is 0 Å². The first kappa shape index (κ1) is 13.4. The number of rotatable bonds is 2. The van der Waals surface area contributed by atoms with Crippen LogP contribution < -0.4 is 0 Å². The Labute approximate surface area is 121 Å². The predicted octanol–water partition coefficient (Wildman–Crippen LogP) is 4.57. The van der Waals surface area contributed by atoms with Crippen molar-refractivity contribution in [2.75, 3.05) is 0 Å². The number of benzene rings is 2. The lowest BCUT2D eigenvalue weighted by atomic mass is 9.83. The van der Waals surface area contributed by atoms with Gasteiger partial charge in [0.15, 0.2) is 0 Å². The molecule has 1 heteroatoms. The van der Waals surface area contributed by atoms with Crippen LogP contribution in [-0.2, 0) is 5.60 Å². The van der Waals surface area contributed by atoms with Gasteiger partial charge in [-0.05, 0) is 48.4 Å². The van der Waals surface area contributed by atoms with Crippen molar-refractivity contribution in [1.29, 1.82) is 0 Å². The van der Waals surface area contributed by atoms with Crippen LogP contribution >= 0.6 is 0 Å². The SMILES string of the molecule is Cc1ccc2c(c1)C(O)(CC(C)C)c1cc(C)ccc1-2. The van der Waals surface area contributed by atoms with Crippen LogP contribution in [0.4, 0.5) is 0 Å². The lowest BCUT2D eigenvalue weighted by molar-refractivity contribution is 0.0619. The van der Waals surface area contributed by atoms with Crippen molar-refractivity contribution in [3.8, 4) is 11.1 Å². The molecule has 1 aliphatic rings. The summed E-state index contributed by atoms with van der Waals surface area (Å²) in [6.07, 6.45) is 0.764. The summed E-state index contributed by atoms with van der Waals surface area (Å²) < 4.78 is 0. The standard InChI is InChI=1S/C19H22O/c1-12(2)11-19(20)17-9-13(3)5-7-15(17)16-8-6-14(4)10-18(16)19/h5-10,12,20H,11H2,1-4H3. The normalized spacial score (nSPS) is 15.3. The molecule has 2 aromatic carbocycles. The van der Waals surface area contributed by atoms with Crippen molar-refractivity contribution in [2.24, 2.45) is 5.92 Å². The van der Waals surface area contributed by atoms with Gasteiger partial charge in [-0.1, -0.05) is 61.4 Å². The molecule has 1 aliphatic carbocycles. The van der Waals surface area contributed by atoms with E-state index in [1.54, 1.807) is 0 Å². The fourth-order valence-corrected chi connectivity index (χ4v) is 3.43. The lowest BCUT2D eigenvalue weighted by Gasteiger charge is -2.28. The number of hydrogen-bond donors (Lipinski definition) is 1. The van der Waals surface area contributed by atoms with E-state index in [2.05, 4.69) is 64.1 Å². The number of aryl methyl sites for hydroxylation is 2. The van der Waals surface area contributed by atoms with Crippen molar-refractivity contribution in [2.45, 2.75) is 39.7 Å². The highest BCUT2D eigenvalue weighted by Gasteiger charge is 2.41. The fraction of sp³-hybridized carbons (Fsp3) is 0.368. The molecule has 0 fully saturated rings. The van der Waals surface area contributed by atoms with Gasteiger partial charge < -0.3 is 5.11 Å². The van der Waals surface area contributed by atoms with E-state index in [0.717, 1.165) is 17.5 Å². The predicted molar refractivity (Wildman–Crippen MR) is 83.8 cm³/mol. The van der Waals surface area contributed by atoms with Gasteiger partial charge in [-0.25, -0.2) is 0 Å². The first-order chi connectivity index (χ1) is 9.41. The molecule has 104 valence electrons. The Morgan fingerprint density at radius 3 is 1.75 bits per heavy atom. The van der Waals surface area contributed by atoms with E-state index >= 15 is 0 Å². The molecule has 1 nitrogen and oxygen atoms in total. The summed E-state index contributed by atoms with van der Waals surface area (Å²) in [5.74, 6) is 0.444. The van der Waals surface area contributed by atoms with Gasteiger partial charge in [0.2, 0.25) is 0 Å². The molecule has 0 aromatic heterocycles. The highest BCUT2D eigenvalue weighted by Crippen LogP contribution is 2.50. The van der Waals surface area contributed by atoms with Gasteiger partial charge in [0.1, 0.15) is 5.60 Å². The summed E-state index contributed by atoms with van der Waals surface area (Å²) in [6.45, 7) is 8.51. The second kappa shape index (κ2) is 4.46. The van der Waals surface area contributed by atoms with E-state index in [1.807, 2.05) is 0 Å². The molecule has 0 bridgehead atoms. The van der Waals surface area contributed by atoms with Crippen LogP contribution in [0.1, 0.15) is 42.5 Å². The van der Waals surface area contributed by atoms with Crippen molar-refractivity contribution >= 4 is 0 Å². The highest BCUT2D eigenvalue weighted by molar-refractivity contribution is 5.80. The quantitative estimate of drug-likeness (QED) is 0.844. The number of hydrogen-bond acceptors (Lipinski definition) is 1. The third-order valence-corrected chi connectivity index (χ3v) is 4.24. The summed E-state index contributed by atoms with van der Waals surface area (Å²) in [7, 11) is 0. The fourth-order valence-electron chi connectivity index (χ4n) is 3.43. The Balaban J connectivity index is 2.29. The zero-order valence-electron chi connectivity index (χ0n) is 12.7.